The average molecular weight is 300 g/mol. The van der Waals surface area contributed by atoms with Crippen LogP contribution in [0.1, 0.15) is 6.42 Å². The first-order chi connectivity index (χ1) is 10.5. The fourth-order valence-electron chi connectivity index (χ4n) is 3.94. The van der Waals surface area contributed by atoms with Gasteiger partial charge in [0.2, 0.25) is 11.8 Å². The van der Waals surface area contributed by atoms with Crippen molar-refractivity contribution in [3.8, 4) is 5.75 Å². The number of non-ortho nitro benzene ring substituents is 1. The zero-order valence-corrected chi connectivity index (χ0v) is 11.4. The maximum absolute atomic E-state index is 12.6. The summed E-state index contributed by atoms with van der Waals surface area (Å²) in [6, 6.07) is 3.34. The van der Waals surface area contributed by atoms with E-state index in [1.54, 1.807) is 0 Å². The Balaban J connectivity index is 1.79. The van der Waals surface area contributed by atoms with Gasteiger partial charge in [-0.25, -0.2) is 4.90 Å². The van der Waals surface area contributed by atoms with Gasteiger partial charge in [0.25, 0.3) is 5.69 Å². The molecule has 2 bridgehead atoms. The van der Waals surface area contributed by atoms with E-state index in [0.29, 0.717) is 0 Å². The molecule has 7 nitrogen and oxygen atoms in total. The summed E-state index contributed by atoms with van der Waals surface area (Å²) in [6.07, 6.45) is 4.74. The van der Waals surface area contributed by atoms with Crippen molar-refractivity contribution in [2.24, 2.45) is 23.7 Å². The van der Waals surface area contributed by atoms with Crippen molar-refractivity contribution in [3.63, 3.8) is 0 Å². The second-order valence-electron chi connectivity index (χ2n) is 5.94. The van der Waals surface area contributed by atoms with Gasteiger partial charge in [-0.2, -0.15) is 0 Å². The number of imide groups is 1. The van der Waals surface area contributed by atoms with Crippen LogP contribution in [0.25, 0.3) is 0 Å². The molecule has 0 aromatic heterocycles. The summed E-state index contributed by atoms with van der Waals surface area (Å²) in [5.41, 5.74) is -0.371. The number of anilines is 1. The van der Waals surface area contributed by atoms with Gasteiger partial charge in [0.15, 0.2) is 0 Å². The minimum Gasteiger partial charge on any atom is -0.506 e. The van der Waals surface area contributed by atoms with Gasteiger partial charge in [-0.05, 0) is 24.3 Å². The van der Waals surface area contributed by atoms with Crippen LogP contribution >= 0.6 is 0 Å². The fourth-order valence-corrected chi connectivity index (χ4v) is 3.94. The third kappa shape index (κ3) is 1.50. The van der Waals surface area contributed by atoms with Crippen molar-refractivity contribution < 1.29 is 19.6 Å². The highest BCUT2D eigenvalue weighted by atomic mass is 16.6. The Bertz CT molecular complexity index is 726. The molecule has 1 N–H and O–H groups in total. The molecule has 4 atom stereocenters. The molecular formula is C15H12N2O5. The molecule has 7 heteroatoms. The van der Waals surface area contributed by atoms with Crippen molar-refractivity contribution >= 4 is 23.2 Å². The summed E-state index contributed by atoms with van der Waals surface area (Å²) in [5, 5.41) is 20.8. The molecular weight excluding hydrogens is 288 g/mol. The van der Waals surface area contributed by atoms with Gasteiger partial charge in [-0.3, -0.25) is 19.7 Å². The van der Waals surface area contributed by atoms with Crippen LogP contribution in [0.15, 0.2) is 30.4 Å². The summed E-state index contributed by atoms with van der Waals surface area (Å²) in [5.74, 6) is -1.75. The number of carbonyl (C=O) groups is 2. The fraction of sp³-hybridized carbons (Fsp3) is 0.333. The Hall–Kier alpha value is -2.70. The molecule has 1 saturated carbocycles. The number of hydrogen-bond acceptors (Lipinski definition) is 5. The van der Waals surface area contributed by atoms with E-state index in [0.717, 1.165) is 29.5 Å². The number of fused-ring (bicyclic) bond motifs is 5. The molecule has 0 spiro atoms. The van der Waals surface area contributed by atoms with Gasteiger partial charge in [-0.1, -0.05) is 12.2 Å². The molecule has 4 rings (SSSR count). The number of hydrogen-bond donors (Lipinski definition) is 1. The molecule has 2 fully saturated rings. The van der Waals surface area contributed by atoms with Crippen LogP contribution in [0.3, 0.4) is 0 Å². The van der Waals surface area contributed by atoms with Crippen LogP contribution in [0.4, 0.5) is 11.4 Å². The Kier molecular flexibility index (Phi) is 2.46. The highest BCUT2D eigenvalue weighted by Gasteiger charge is 2.60. The maximum Gasteiger partial charge on any atom is 0.271 e. The SMILES string of the molecule is O=C1[C@@H]2[C@H](C(=O)N1c1cc([N+](=O)[O-])ccc1O)[C@@H]1C=C[C@H]2C1. The minimum atomic E-state index is -0.625. The Labute approximate surface area is 125 Å². The van der Waals surface area contributed by atoms with E-state index in [-0.39, 0.29) is 40.8 Å². The van der Waals surface area contributed by atoms with Crippen LogP contribution in [0, 0.1) is 33.8 Å². The number of nitro groups is 1. The van der Waals surface area contributed by atoms with Gasteiger partial charge in [0, 0.05) is 12.1 Å². The molecule has 1 aromatic carbocycles. The van der Waals surface area contributed by atoms with Crippen molar-refractivity contribution in [1.82, 2.24) is 0 Å². The lowest BCUT2D eigenvalue weighted by Gasteiger charge is -2.18. The first-order valence-corrected chi connectivity index (χ1v) is 7.02. The van der Waals surface area contributed by atoms with Crippen molar-refractivity contribution in [3.05, 3.63) is 40.5 Å². The molecule has 112 valence electrons. The van der Waals surface area contributed by atoms with E-state index in [1.165, 1.54) is 0 Å². The summed E-state index contributed by atoms with van der Waals surface area (Å²) in [7, 11) is 0. The number of benzene rings is 1. The first kappa shape index (κ1) is 13.0. The number of rotatable bonds is 2. The second-order valence-corrected chi connectivity index (χ2v) is 5.94. The summed E-state index contributed by atoms with van der Waals surface area (Å²) >= 11 is 0. The zero-order valence-electron chi connectivity index (χ0n) is 11.4. The van der Waals surface area contributed by atoms with Gasteiger partial charge in [-0.15, -0.1) is 0 Å². The molecule has 22 heavy (non-hydrogen) atoms. The zero-order chi connectivity index (χ0) is 15.6. The van der Waals surface area contributed by atoms with Crippen LogP contribution in [0.2, 0.25) is 0 Å². The van der Waals surface area contributed by atoms with Crippen LogP contribution in [0.5, 0.6) is 5.75 Å². The van der Waals surface area contributed by atoms with E-state index in [4.69, 9.17) is 0 Å². The molecule has 1 heterocycles. The lowest BCUT2D eigenvalue weighted by Crippen LogP contribution is -2.32. The standard InChI is InChI=1S/C15H12N2O5/c18-11-4-3-9(17(21)22)6-10(11)16-14(19)12-7-1-2-8(5-7)13(12)15(16)20/h1-4,6-8,12-13,18H,5H2/t7-,8+,12-,13+. The Morgan fingerprint density at radius 2 is 1.73 bits per heavy atom. The predicted molar refractivity (Wildman–Crippen MR) is 75.0 cm³/mol. The summed E-state index contributed by atoms with van der Waals surface area (Å²) in [6.45, 7) is 0. The number of amides is 2. The molecule has 2 aliphatic carbocycles. The summed E-state index contributed by atoms with van der Waals surface area (Å²) in [4.78, 5) is 36.4. The molecule has 0 unspecified atom stereocenters. The molecule has 1 saturated heterocycles. The number of allylic oxidation sites excluding steroid dienone is 2. The first-order valence-electron chi connectivity index (χ1n) is 7.02. The smallest absolute Gasteiger partial charge is 0.271 e. The number of nitro benzene ring substituents is 1. The van der Waals surface area contributed by atoms with Gasteiger partial charge in [0.05, 0.1) is 16.8 Å². The Morgan fingerprint density at radius 3 is 2.27 bits per heavy atom. The minimum absolute atomic E-state index is 0.0530. The average Bonchev–Trinajstić information content (AvgIpc) is 3.14. The van der Waals surface area contributed by atoms with E-state index >= 15 is 0 Å². The van der Waals surface area contributed by atoms with Gasteiger partial charge >= 0.3 is 0 Å². The Morgan fingerprint density at radius 1 is 1.14 bits per heavy atom. The van der Waals surface area contributed by atoms with Gasteiger partial charge in [0.1, 0.15) is 11.4 Å². The lowest BCUT2D eigenvalue weighted by atomic mass is 9.85. The third-order valence-corrected chi connectivity index (χ3v) is 4.88. The largest absolute Gasteiger partial charge is 0.506 e. The highest BCUT2D eigenvalue weighted by molar-refractivity contribution is 6.23. The number of carbonyl (C=O) groups excluding carboxylic acids is 2. The predicted octanol–water partition coefficient (Wildman–Crippen LogP) is 1.61. The maximum atomic E-state index is 12.6. The van der Waals surface area contributed by atoms with Crippen molar-refractivity contribution in [1.29, 1.82) is 0 Å². The quantitative estimate of drug-likeness (QED) is 0.387. The molecule has 1 aromatic rings. The number of phenols is 1. The van der Waals surface area contributed by atoms with E-state index in [1.807, 2.05) is 12.2 Å². The van der Waals surface area contributed by atoms with Gasteiger partial charge < -0.3 is 5.11 Å². The van der Waals surface area contributed by atoms with Crippen LogP contribution in [-0.2, 0) is 9.59 Å². The van der Waals surface area contributed by atoms with Crippen LogP contribution < -0.4 is 4.90 Å². The van der Waals surface area contributed by atoms with Crippen LogP contribution in [-0.4, -0.2) is 21.8 Å². The third-order valence-electron chi connectivity index (χ3n) is 4.88. The summed E-state index contributed by atoms with van der Waals surface area (Å²) < 4.78 is 0. The topological polar surface area (TPSA) is 101 Å². The monoisotopic (exact) mass is 300 g/mol. The van der Waals surface area contributed by atoms with Crippen molar-refractivity contribution in [2.75, 3.05) is 4.90 Å². The van der Waals surface area contributed by atoms with E-state index in [2.05, 4.69) is 0 Å². The normalized spacial score (nSPS) is 31.9. The van der Waals surface area contributed by atoms with E-state index < -0.39 is 16.8 Å². The lowest BCUT2D eigenvalue weighted by molar-refractivity contribution is -0.384. The van der Waals surface area contributed by atoms with E-state index in [9.17, 15) is 24.8 Å². The molecule has 1 aliphatic heterocycles. The second kappa shape index (κ2) is 4.16. The van der Waals surface area contributed by atoms with Crippen molar-refractivity contribution in [2.45, 2.75) is 6.42 Å². The highest BCUT2D eigenvalue weighted by Crippen LogP contribution is 2.54. The molecule has 0 radical (unpaired) electrons. The number of nitrogens with zero attached hydrogens (tertiary/aromatic N) is 2. The molecule has 2 amide bonds. The number of phenolic OH excluding ortho intramolecular Hbond substituents is 1. The molecule has 3 aliphatic rings. The number of aromatic hydroxyl groups is 1.